The molecule has 0 bridgehead atoms. The molecular weight excluding hydrogens is 366 g/mol. The maximum Gasteiger partial charge on any atom is 0.389 e. The Bertz CT molecular complexity index is 786. The van der Waals surface area contributed by atoms with Gasteiger partial charge in [-0.1, -0.05) is 24.3 Å². The Hall–Kier alpha value is -2.90. The second-order valence-corrected chi connectivity index (χ2v) is 5.99. The fourth-order valence-electron chi connectivity index (χ4n) is 2.47. The van der Waals surface area contributed by atoms with Crippen LogP contribution in [0.2, 0.25) is 0 Å². The lowest BCUT2D eigenvalue weighted by Gasteiger charge is -2.17. The summed E-state index contributed by atoms with van der Waals surface area (Å²) in [5.41, 5.74) is 1.04. The molecule has 2 rings (SSSR count). The highest BCUT2D eigenvalue weighted by atomic mass is 19.4. The predicted molar refractivity (Wildman–Crippen MR) is 89.7 cm³/mol. The van der Waals surface area contributed by atoms with Crippen molar-refractivity contribution in [1.29, 1.82) is 0 Å². The highest BCUT2D eigenvalue weighted by Crippen LogP contribution is 2.22. The van der Waals surface area contributed by atoms with Crippen LogP contribution in [0, 0.1) is 5.82 Å². The Morgan fingerprint density at radius 3 is 2.11 bits per heavy atom. The van der Waals surface area contributed by atoms with Crippen molar-refractivity contribution in [2.24, 2.45) is 0 Å². The number of alkyl halides is 3. The molecule has 2 aromatic rings. The minimum atomic E-state index is -4.25. The molecule has 0 aliphatic rings. The number of carbonyl (C=O) groups is 2. The zero-order valence-electron chi connectivity index (χ0n) is 14.1. The van der Waals surface area contributed by atoms with Crippen molar-refractivity contribution in [1.82, 2.24) is 5.32 Å². The maximum absolute atomic E-state index is 13.0. The number of nitrogens with one attached hydrogen (secondary N) is 1. The summed E-state index contributed by atoms with van der Waals surface area (Å²) >= 11 is 0. The number of carboxylic acid groups (broad SMARTS) is 1. The van der Waals surface area contributed by atoms with Gasteiger partial charge in [0.1, 0.15) is 5.82 Å². The summed E-state index contributed by atoms with van der Waals surface area (Å²) in [6.07, 6.45) is -5.80. The Labute approximate surface area is 152 Å². The van der Waals surface area contributed by atoms with Gasteiger partial charge in [0.25, 0.3) is 5.91 Å². The predicted octanol–water partition coefficient (Wildman–Crippen LogP) is 4.27. The van der Waals surface area contributed by atoms with Crippen LogP contribution in [0.4, 0.5) is 17.6 Å². The van der Waals surface area contributed by atoms with Crippen LogP contribution < -0.4 is 5.32 Å². The molecule has 0 radical (unpaired) electrons. The molecular formula is C19H17F4NO3. The van der Waals surface area contributed by atoms with Gasteiger partial charge in [-0.05, 0) is 41.8 Å². The number of aryl methyl sites for hydroxylation is 1. The van der Waals surface area contributed by atoms with E-state index in [1.54, 1.807) is 0 Å². The van der Waals surface area contributed by atoms with E-state index in [0.717, 1.165) is 12.1 Å². The molecule has 0 spiro atoms. The van der Waals surface area contributed by atoms with Gasteiger partial charge in [0.15, 0.2) is 0 Å². The average Bonchev–Trinajstić information content (AvgIpc) is 2.59. The van der Waals surface area contributed by atoms with E-state index in [9.17, 15) is 27.2 Å². The second-order valence-electron chi connectivity index (χ2n) is 5.99. The average molecular weight is 383 g/mol. The first-order chi connectivity index (χ1) is 12.6. The van der Waals surface area contributed by atoms with Crippen LogP contribution in [0.25, 0.3) is 0 Å². The molecule has 1 amide bonds. The third-order valence-corrected chi connectivity index (χ3v) is 3.87. The molecule has 0 saturated heterocycles. The Kier molecular flexibility index (Phi) is 6.55. The highest BCUT2D eigenvalue weighted by Gasteiger charge is 2.26. The first kappa shape index (κ1) is 20.4. The maximum atomic E-state index is 13.0. The Morgan fingerprint density at radius 2 is 1.59 bits per heavy atom. The Morgan fingerprint density at radius 1 is 1.00 bits per heavy atom. The summed E-state index contributed by atoms with van der Waals surface area (Å²) < 4.78 is 49.8. The van der Waals surface area contributed by atoms with Crippen LogP contribution in [0.15, 0.2) is 48.5 Å². The smallest absolute Gasteiger partial charge is 0.389 e. The molecule has 8 heteroatoms. The van der Waals surface area contributed by atoms with Gasteiger partial charge in [-0.2, -0.15) is 13.2 Å². The monoisotopic (exact) mass is 383 g/mol. The van der Waals surface area contributed by atoms with Crippen LogP contribution in [0.1, 0.15) is 40.4 Å². The molecule has 2 N–H and O–H groups in total. The number of hydrogen-bond donors (Lipinski definition) is 2. The van der Waals surface area contributed by atoms with Gasteiger partial charge >= 0.3 is 12.1 Å². The fourth-order valence-corrected chi connectivity index (χ4v) is 2.47. The van der Waals surface area contributed by atoms with Gasteiger partial charge in [0, 0.05) is 12.0 Å². The summed E-state index contributed by atoms with van der Waals surface area (Å²) in [5.74, 6) is -2.21. The molecule has 0 saturated carbocycles. The number of amides is 1. The van der Waals surface area contributed by atoms with E-state index in [1.165, 1.54) is 36.4 Å². The van der Waals surface area contributed by atoms with Crippen LogP contribution in [-0.4, -0.2) is 23.2 Å². The van der Waals surface area contributed by atoms with Crippen LogP contribution in [0.3, 0.4) is 0 Å². The molecule has 0 heterocycles. The largest absolute Gasteiger partial charge is 0.481 e. The summed E-state index contributed by atoms with van der Waals surface area (Å²) in [6.45, 7) is 0. The number of hydrogen-bond acceptors (Lipinski definition) is 2. The van der Waals surface area contributed by atoms with E-state index in [0.29, 0.717) is 11.1 Å². The van der Waals surface area contributed by atoms with Gasteiger partial charge in [0.2, 0.25) is 0 Å². The SMILES string of the molecule is O=C(O)CC(NC(=O)c1ccc(CCC(F)(F)F)cc1)c1ccc(F)cc1. The fraction of sp³-hybridized carbons (Fsp3) is 0.263. The molecule has 144 valence electrons. The Balaban J connectivity index is 2.08. The van der Waals surface area contributed by atoms with Gasteiger partial charge in [-0.25, -0.2) is 4.39 Å². The minimum Gasteiger partial charge on any atom is -0.481 e. The summed E-state index contributed by atoms with van der Waals surface area (Å²) in [7, 11) is 0. The molecule has 0 fully saturated rings. The zero-order chi connectivity index (χ0) is 20.0. The van der Waals surface area contributed by atoms with E-state index < -0.39 is 42.8 Å². The summed E-state index contributed by atoms with van der Waals surface area (Å²) in [5, 5.41) is 11.6. The van der Waals surface area contributed by atoms with Crippen molar-refractivity contribution < 1.29 is 32.3 Å². The standard InChI is InChI=1S/C19H17F4NO3/c20-15-7-5-13(6-8-15)16(11-17(25)26)24-18(27)14-3-1-12(2-4-14)9-10-19(21,22)23/h1-8,16H,9-11H2,(H,24,27)(H,25,26). The number of carboxylic acids is 1. The molecule has 0 aliphatic heterocycles. The first-order valence-corrected chi connectivity index (χ1v) is 8.08. The van der Waals surface area contributed by atoms with Crippen molar-refractivity contribution in [3.05, 3.63) is 71.0 Å². The van der Waals surface area contributed by atoms with Crippen molar-refractivity contribution >= 4 is 11.9 Å². The highest BCUT2D eigenvalue weighted by molar-refractivity contribution is 5.94. The van der Waals surface area contributed by atoms with E-state index in [4.69, 9.17) is 5.11 Å². The van der Waals surface area contributed by atoms with Crippen molar-refractivity contribution in [2.45, 2.75) is 31.5 Å². The van der Waals surface area contributed by atoms with Gasteiger partial charge in [0.05, 0.1) is 12.5 Å². The number of carbonyl (C=O) groups excluding carboxylic acids is 1. The molecule has 2 aromatic carbocycles. The van der Waals surface area contributed by atoms with E-state index >= 15 is 0 Å². The van der Waals surface area contributed by atoms with E-state index in [1.807, 2.05) is 0 Å². The number of halogens is 4. The molecule has 4 nitrogen and oxygen atoms in total. The van der Waals surface area contributed by atoms with Gasteiger partial charge in [-0.15, -0.1) is 0 Å². The lowest BCUT2D eigenvalue weighted by atomic mass is 10.0. The van der Waals surface area contributed by atoms with Crippen LogP contribution in [0.5, 0.6) is 0 Å². The van der Waals surface area contributed by atoms with Crippen LogP contribution >= 0.6 is 0 Å². The summed E-state index contributed by atoms with van der Waals surface area (Å²) in [4.78, 5) is 23.4. The van der Waals surface area contributed by atoms with Crippen molar-refractivity contribution in [2.75, 3.05) is 0 Å². The topological polar surface area (TPSA) is 66.4 Å². The van der Waals surface area contributed by atoms with E-state index in [2.05, 4.69) is 5.32 Å². The lowest BCUT2D eigenvalue weighted by Crippen LogP contribution is -2.30. The van der Waals surface area contributed by atoms with Crippen LogP contribution in [-0.2, 0) is 11.2 Å². The van der Waals surface area contributed by atoms with Gasteiger partial charge < -0.3 is 10.4 Å². The normalized spacial score (nSPS) is 12.4. The van der Waals surface area contributed by atoms with Crippen molar-refractivity contribution in [3.63, 3.8) is 0 Å². The molecule has 1 unspecified atom stereocenters. The minimum absolute atomic E-state index is 0.184. The zero-order valence-corrected chi connectivity index (χ0v) is 14.1. The number of aliphatic carboxylic acids is 1. The number of benzene rings is 2. The molecule has 1 atom stereocenters. The lowest BCUT2D eigenvalue weighted by molar-refractivity contribution is -0.137. The van der Waals surface area contributed by atoms with Gasteiger partial charge in [-0.3, -0.25) is 9.59 Å². The quantitative estimate of drug-likeness (QED) is 0.702. The molecule has 0 aromatic heterocycles. The first-order valence-electron chi connectivity index (χ1n) is 8.08. The molecule has 27 heavy (non-hydrogen) atoms. The van der Waals surface area contributed by atoms with E-state index in [-0.39, 0.29) is 12.0 Å². The second kappa shape index (κ2) is 8.66. The molecule has 0 aliphatic carbocycles. The third kappa shape index (κ3) is 6.73. The number of rotatable bonds is 7. The van der Waals surface area contributed by atoms with Crippen molar-refractivity contribution in [3.8, 4) is 0 Å². The summed E-state index contributed by atoms with van der Waals surface area (Å²) in [6, 6.07) is 9.80. The third-order valence-electron chi connectivity index (χ3n) is 3.87.